The fourth-order valence-corrected chi connectivity index (χ4v) is 13.3. The van der Waals surface area contributed by atoms with E-state index in [1.807, 2.05) is 0 Å². The Kier molecular flexibility index (Phi) is 9.44. The molecule has 0 radical (unpaired) electrons. The molecule has 0 atom stereocenters. The fraction of sp³-hybridized carbons (Fsp3) is 0.613. The summed E-state index contributed by atoms with van der Waals surface area (Å²) in [4.78, 5) is 0. The Labute approximate surface area is 212 Å². The van der Waals surface area contributed by atoms with E-state index in [4.69, 9.17) is 0 Å². The summed E-state index contributed by atoms with van der Waals surface area (Å²) in [7, 11) is -1.69. The van der Waals surface area contributed by atoms with E-state index in [1.165, 1.54) is 94.8 Å². The van der Waals surface area contributed by atoms with Crippen molar-refractivity contribution in [3.63, 3.8) is 0 Å². The molecule has 1 aliphatic carbocycles. The Morgan fingerprint density at radius 2 is 1.40 bits per heavy atom. The van der Waals surface area contributed by atoms with E-state index in [-0.39, 0.29) is 5.92 Å². The molecule has 4 rings (SSSR count). The number of hydrogen-bond acceptors (Lipinski definition) is 1. The van der Waals surface area contributed by atoms with Crippen LogP contribution < -0.4 is 5.19 Å². The van der Waals surface area contributed by atoms with Crippen molar-refractivity contribution in [2.45, 2.75) is 114 Å². The lowest BCUT2D eigenvalue weighted by Crippen LogP contribution is -2.54. The van der Waals surface area contributed by atoms with Gasteiger partial charge in [-0.3, -0.25) is 0 Å². The first-order valence-electron chi connectivity index (χ1n) is 14.3. The molecule has 35 heavy (non-hydrogen) atoms. The summed E-state index contributed by atoms with van der Waals surface area (Å²) in [6, 6.07) is 16.4. The van der Waals surface area contributed by atoms with Gasteiger partial charge >= 0.3 is 0 Å². The van der Waals surface area contributed by atoms with Gasteiger partial charge in [-0.05, 0) is 47.9 Å². The van der Waals surface area contributed by atoms with Gasteiger partial charge in [0.25, 0.3) is 0 Å². The van der Waals surface area contributed by atoms with Crippen LogP contribution in [-0.2, 0) is 0 Å². The molecule has 192 valence electrons. The van der Waals surface area contributed by atoms with Crippen molar-refractivity contribution in [1.82, 2.24) is 0 Å². The topological polar surface area (TPSA) is 20.2 Å². The van der Waals surface area contributed by atoms with E-state index < -0.39 is 25.5 Å². The number of unbranched alkanes of at least 4 members (excludes halogenated alkanes) is 5. The number of phenolic OH excluding ortho intramolecular Hbond substituents is 1. The molecule has 0 amide bonds. The van der Waals surface area contributed by atoms with E-state index >= 15 is 0 Å². The molecule has 0 unspecified atom stereocenters. The zero-order chi connectivity index (χ0) is 24.7. The molecular weight excluding hydrogens is 454 g/mol. The Balaban J connectivity index is 1.39. The predicted octanol–water partition coefficient (Wildman–Crippen LogP) is 9.21. The minimum Gasteiger partial charge on any atom is -0.503 e. The number of rotatable bonds is 10. The third-order valence-electron chi connectivity index (χ3n) is 9.33. The molecule has 1 saturated heterocycles. The molecule has 0 aromatic heterocycles. The van der Waals surface area contributed by atoms with Crippen LogP contribution in [0.3, 0.4) is 0 Å². The normalized spacial score (nSPS) is 27.1. The smallest absolute Gasteiger partial charge is 0.187 e. The maximum atomic E-state index is 14.0. The second-order valence-electron chi connectivity index (χ2n) is 11.4. The summed E-state index contributed by atoms with van der Waals surface area (Å²) in [5.41, 5.74) is 1.55. The van der Waals surface area contributed by atoms with Gasteiger partial charge in [0.15, 0.2) is 17.4 Å². The van der Waals surface area contributed by atoms with Crippen molar-refractivity contribution >= 4 is 13.3 Å². The Bertz CT molecular complexity index is 892. The lowest BCUT2D eigenvalue weighted by Gasteiger charge is -2.47. The summed E-state index contributed by atoms with van der Waals surface area (Å²) < 4.78 is 28.0. The Hall–Kier alpha value is -1.68. The van der Waals surface area contributed by atoms with Crippen LogP contribution in [0, 0.1) is 17.6 Å². The Morgan fingerprint density at radius 1 is 0.800 bits per heavy atom. The minimum atomic E-state index is -1.69. The number of benzene rings is 2. The maximum absolute atomic E-state index is 14.0. The van der Waals surface area contributed by atoms with Gasteiger partial charge in [0.05, 0.1) is 8.07 Å². The second-order valence-corrected chi connectivity index (χ2v) is 16.1. The van der Waals surface area contributed by atoms with Gasteiger partial charge in [-0.15, -0.1) is 0 Å². The average Bonchev–Trinajstić information content (AvgIpc) is 2.90. The monoisotopic (exact) mass is 498 g/mol. The molecule has 1 N–H and O–H groups in total. The molecule has 0 bridgehead atoms. The number of hydrogen-bond donors (Lipinski definition) is 1. The molecule has 1 aliphatic heterocycles. The van der Waals surface area contributed by atoms with Gasteiger partial charge in [-0.1, -0.05) is 125 Å². The van der Waals surface area contributed by atoms with E-state index in [0.717, 1.165) is 29.9 Å². The predicted molar refractivity (Wildman–Crippen MR) is 145 cm³/mol. The fourth-order valence-electron chi connectivity index (χ4n) is 7.21. The summed E-state index contributed by atoms with van der Waals surface area (Å²) in [6.45, 7) is 2.28. The molecule has 1 heterocycles. The highest BCUT2D eigenvalue weighted by Gasteiger charge is 2.46. The summed E-state index contributed by atoms with van der Waals surface area (Å²) in [5.74, 6) is -1.41. The van der Waals surface area contributed by atoms with E-state index in [9.17, 15) is 13.9 Å². The molecule has 1 nitrogen and oxygen atoms in total. The summed E-state index contributed by atoms with van der Waals surface area (Å²) >= 11 is 0. The van der Waals surface area contributed by atoms with Crippen molar-refractivity contribution in [2.75, 3.05) is 0 Å². The zero-order valence-electron chi connectivity index (χ0n) is 21.6. The van der Waals surface area contributed by atoms with Crippen LogP contribution in [-0.4, -0.2) is 13.2 Å². The third kappa shape index (κ3) is 6.36. The lowest BCUT2D eigenvalue weighted by atomic mass is 9.85. The number of aromatic hydroxyl groups is 1. The molecular formula is C31H44F2OSi. The van der Waals surface area contributed by atoms with Gasteiger partial charge in [-0.25, -0.2) is 8.78 Å². The van der Waals surface area contributed by atoms with Crippen LogP contribution in [0.1, 0.15) is 102 Å². The van der Waals surface area contributed by atoms with E-state index in [2.05, 4.69) is 37.3 Å². The van der Waals surface area contributed by atoms with E-state index in [1.54, 1.807) is 5.19 Å². The maximum Gasteiger partial charge on any atom is 0.187 e. The van der Waals surface area contributed by atoms with Gasteiger partial charge in [0.1, 0.15) is 0 Å². The van der Waals surface area contributed by atoms with Crippen molar-refractivity contribution in [1.29, 1.82) is 0 Å². The molecule has 1 saturated carbocycles. The molecule has 4 heteroatoms. The molecule has 2 aromatic carbocycles. The largest absolute Gasteiger partial charge is 0.503 e. The zero-order valence-corrected chi connectivity index (χ0v) is 22.6. The van der Waals surface area contributed by atoms with Crippen LogP contribution in [0.2, 0.25) is 17.6 Å². The first kappa shape index (κ1) is 26.4. The SMILES string of the molecule is CCCCCCCCC1CCC([Si]2(c3ccccc3)CCC(c3cc(F)c(O)c(F)c3)CC2)CC1. The molecule has 2 aromatic rings. The standard InChI is InChI=1S/C31H44F2OSi/c1-2-3-4-5-6-8-11-24-14-16-28(17-15-24)35(27-12-9-7-10-13-27)20-18-25(19-21-35)26-22-29(32)31(34)30(33)23-26/h7,9-10,12-13,22-25,28,34H,2-6,8,11,14-21H2,1H3. The van der Waals surface area contributed by atoms with Crippen LogP contribution in [0.15, 0.2) is 42.5 Å². The van der Waals surface area contributed by atoms with Crippen LogP contribution in [0.4, 0.5) is 8.78 Å². The van der Waals surface area contributed by atoms with Gasteiger partial charge < -0.3 is 5.11 Å². The second kappa shape index (κ2) is 12.5. The highest BCUT2D eigenvalue weighted by atomic mass is 28.3. The summed E-state index contributed by atoms with van der Waals surface area (Å²) in [5, 5.41) is 11.1. The Morgan fingerprint density at radius 3 is 2.03 bits per heavy atom. The average molecular weight is 499 g/mol. The molecule has 0 spiro atoms. The van der Waals surface area contributed by atoms with E-state index in [0.29, 0.717) is 0 Å². The quantitative estimate of drug-likeness (QED) is 0.256. The number of halogens is 2. The van der Waals surface area contributed by atoms with Gasteiger partial charge in [0, 0.05) is 0 Å². The van der Waals surface area contributed by atoms with Crippen molar-refractivity contribution in [3.8, 4) is 5.75 Å². The third-order valence-corrected chi connectivity index (χ3v) is 15.3. The van der Waals surface area contributed by atoms with Crippen LogP contribution >= 0.6 is 0 Å². The van der Waals surface area contributed by atoms with Gasteiger partial charge in [0.2, 0.25) is 0 Å². The number of phenols is 1. The van der Waals surface area contributed by atoms with Crippen molar-refractivity contribution in [2.24, 2.45) is 5.92 Å². The van der Waals surface area contributed by atoms with Crippen molar-refractivity contribution in [3.05, 3.63) is 59.7 Å². The minimum absolute atomic E-state index is 0.188. The lowest BCUT2D eigenvalue weighted by molar-refractivity contribution is 0.322. The molecule has 2 fully saturated rings. The van der Waals surface area contributed by atoms with Crippen LogP contribution in [0.25, 0.3) is 0 Å². The first-order chi connectivity index (χ1) is 17.0. The first-order valence-corrected chi connectivity index (χ1v) is 16.8. The van der Waals surface area contributed by atoms with Crippen molar-refractivity contribution < 1.29 is 13.9 Å². The summed E-state index contributed by atoms with van der Waals surface area (Å²) in [6.07, 6.45) is 17.3. The highest BCUT2D eigenvalue weighted by molar-refractivity contribution is 6.93. The van der Waals surface area contributed by atoms with Crippen LogP contribution in [0.5, 0.6) is 5.75 Å². The molecule has 2 aliphatic rings. The highest BCUT2D eigenvalue weighted by Crippen LogP contribution is 2.50. The van der Waals surface area contributed by atoms with Gasteiger partial charge in [-0.2, -0.15) is 0 Å².